The Morgan fingerprint density at radius 1 is 1.46 bits per heavy atom. The molecule has 0 spiro atoms. The summed E-state index contributed by atoms with van der Waals surface area (Å²) in [5, 5.41) is 2.85. The van der Waals surface area contributed by atoms with Gasteiger partial charge in [-0.1, -0.05) is 12.1 Å². The summed E-state index contributed by atoms with van der Waals surface area (Å²) >= 11 is 0. The number of nitrogens with one attached hydrogen (secondary N) is 1. The molecule has 3 rings (SSSR count). The van der Waals surface area contributed by atoms with E-state index in [2.05, 4.69) is 15.3 Å². The van der Waals surface area contributed by atoms with Crippen molar-refractivity contribution in [3.63, 3.8) is 0 Å². The maximum absolute atomic E-state index is 13.4. The fraction of sp³-hybridized carbons (Fsp3) is 0.353. The number of aryl methyl sites for hydroxylation is 1. The van der Waals surface area contributed by atoms with E-state index in [1.165, 1.54) is 12.1 Å². The van der Waals surface area contributed by atoms with Gasteiger partial charge in [0.1, 0.15) is 17.7 Å². The monoisotopic (exact) mass is 330 g/mol. The van der Waals surface area contributed by atoms with Gasteiger partial charge in [0.25, 0.3) is 0 Å². The van der Waals surface area contributed by atoms with E-state index in [0.29, 0.717) is 32.1 Å². The molecule has 2 heterocycles. The van der Waals surface area contributed by atoms with E-state index in [1.807, 2.05) is 0 Å². The first-order valence-corrected chi connectivity index (χ1v) is 7.80. The minimum absolute atomic E-state index is 0.184. The van der Waals surface area contributed by atoms with Crippen LogP contribution in [0, 0.1) is 12.7 Å². The number of rotatable bonds is 3. The zero-order chi connectivity index (χ0) is 16.9. The Balaban J connectivity index is 1.59. The molecule has 6 nitrogen and oxygen atoms in total. The highest BCUT2D eigenvalue weighted by Crippen LogP contribution is 2.22. The summed E-state index contributed by atoms with van der Waals surface area (Å²) in [6.45, 7) is 3.45. The van der Waals surface area contributed by atoms with Gasteiger partial charge < -0.3 is 15.0 Å². The highest BCUT2D eigenvalue weighted by atomic mass is 19.1. The lowest BCUT2D eigenvalue weighted by atomic mass is 10.1. The average Bonchev–Trinajstić information content (AvgIpc) is 2.60. The summed E-state index contributed by atoms with van der Waals surface area (Å²) in [6, 6.07) is 7.86. The molecule has 1 aromatic carbocycles. The van der Waals surface area contributed by atoms with Crippen LogP contribution in [0.2, 0.25) is 0 Å². The number of benzene rings is 1. The molecule has 1 aliphatic heterocycles. The molecule has 24 heavy (non-hydrogen) atoms. The van der Waals surface area contributed by atoms with Crippen LogP contribution in [-0.2, 0) is 11.3 Å². The number of morpholine rings is 1. The summed E-state index contributed by atoms with van der Waals surface area (Å²) in [5.41, 5.74) is 1.49. The Morgan fingerprint density at radius 3 is 3.12 bits per heavy atom. The molecule has 0 aliphatic carbocycles. The Morgan fingerprint density at radius 2 is 2.33 bits per heavy atom. The first-order chi connectivity index (χ1) is 11.6. The highest BCUT2D eigenvalue weighted by molar-refractivity contribution is 5.74. The predicted octanol–water partition coefficient (Wildman–Crippen LogP) is 2.21. The van der Waals surface area contributed by atoms with Gasteiger partial charge >= 0.3 is 6.03 Å². The summed E-state index contributed by atoms with van der Waals surface area (Å²) in [4.78, 5) is 22.3. The number of urea groups is 1. The molecule has 0 radical (unpaired) electrons. The molecule has 1 saturated heterocycles. The predicted molar refractivity (Wildman–Crippen MR) is 85.7 cm³/mol. The number of amides is 2. The summed E-state index contributed by atoms with van der Waals surface area (Å²) in [6.07, 6.45) is 1.35. The topological polar surface area (TPSA) is 67.4 Å². The van der Waals surface area contributed by atoms with Crippen LogP contribution >= 0.6 is 0 Å². The number of halogens is 1. The van der Waals surface area contributed by atoms with Gasteiger partial charge in [0.15, 0.2) is 0 Å². The smallest absolute Gasteiger partial charge is 0.317 e. The fourth-order valence-electron chi connectivity index (χ4n) is 2.62. The van der Waals surface area contributed by atoms with Crippen molar-refractivity contribution in [2.24, 2.45) is 0 Å². The van der Waals surface area contributed by atoms with Crippen LogP contribution in [0.25, 0.3) is 0 Å². The molecule has 1 aliphatic rings. The van der Waals surface area contributed by atoms with Crippen LogP contribution in [0.3, 0.4) is 0 Å². The molecule has 0 bridgehead atoms. The van der Waals surface area contributed by atoms with Crippen LogP contribution < -0.4 is 5.32 Å². The molecule has 126 valence electrons. The van der Waals surface area contributed by atoms with Gasteiger partial charge in [-0.25, -0.2) is 19.2 Å². The lowest BCUT2D eigenvalue weighted by Gasteiger charge is -2.33. The first-order valence-electron chi connectivity index (χ1n) is 7.80. The number of hydrogen-bond donors (Lipinski definition) is 1. The van der Waals surface area contributed by atoms with Gasteiger partial charge in [-0.15, -0.1) is 0 Å². The van der Waals surface area contributed by atoms with Gasteiger partial charge in [0.05, 0.1) is 25.4 Å². The molecule has 2 aromatic rings. The van der Waals surface area contributed by atoms with Gasteiger partial charge in [-0.3, -0.25) is 0 Å². The largest absolute Gasteiger partial charge is 0.370 e. The van der Waals surface area contributed by atoms with Crippen LogP contribution in [0.1, 0.15) is 23.2 Å². The number of carbonyl (C=O) groups excluding carboxylic acids is 1. The lowest BCUT2D eigenvalue weighted by Crippen LogP contribution is -2.47. The van der Waals surface area contributed by atoms with Crippen molar-refractivity contribution in [1.29, 1.82) is 0 Å². The number of carbonyl (C=O) groups is 1. The van der Waals surface area contributed by atoms with Gasteiger partial charge in [-0.05, 0) is 30.7 Å². The minimum Gasteiger partial charge on any atom is -0.370 e. The number of ether oxygens (including phenoxy) is 1. The maximum atomic E-state index is 13.4. The molecule has 2 amide bonds. The second-order valence-electron chi connectivity index (χ2n) is 5.61. The summed E-state index contributed by atoms with van der Waals surface area (Å²) < 4.78 is 19.0. The van der Waals surface area contributed by atoms with Crippen molar-refractivity contribution in [2.45, 2.75) is 19.6 Å². The molecule has 7 heteroatoms. The standard InChI is InChI=1S/C17H19FN4O2/c1-12-19-6-5-15(21-12)10-20-17(23)22-7-8-24-16(11-22)13-3-2-4-14(18)9-13/h2-6,9,16H,7-8,10-11H2,1H3,(H,20,23). The molecule has 0 saturated carbocycles. The van der Waals surface area contributed by atoms with Crippen molar-refractivity contribution in [3.05, 3.63) is 59.4 Å². The zero-order valence-corrected chi connectivity index (χ0v) is 13.4. The molecular formula is C17H19FN4O2. The molecule has 1 N–H and O–H groups in total. The zero-order valence-electron chi connectivity index (χ0n) is 13.4. The second-order valence-corrected chi connectivity index (χ2v) is 5.61. The van der Waals surface area contributed by atoms with Crippen LogP contribution in [0.5, 0.6) is 0 Å². The van der Waals surface area contributed by atoms with Crippen LogP contribution in [-0.4, -0.2) is 40.6 Å². The lowest BCUT2D eigenvalue weighted by molar-refractivity contribution is -0.0156. The van der Waals surface area contributed by atoms with E-state index < -0.39 is 0 Å². The van der Waals surface area contributed by atoms with E-state index in [9.17, 15) is 9.18 Å². The number of hydrogen-bond acceptors (Lipinski definition) is 4. The van der Waals surface area contributed by atoms with Crippen molar-refractivity contribution < 1.29 is 13.9 Å². The third-order valence-corrected chi connectivity index (χ3v) is 3.83. The van der Waals surface area contributed by atoms with Crippen molar-refractivity contribution in [3.8, 4) is 0 Å². The number of aromatic nitrogens is 2. The van der Waals surface area contributed by atoms with Crippen molar-refractivity contribution in [1.82, 2.24) is 20.2 Å². The van der Waals surface area contributed by atoms with E-state index in [0.717, 1.165) is 11.3 Å². The van der Waals surface area contributed by atoms with Crippen molar-refractivity contribution in [2.75, 3.05) is 19.7 Å². The molecule has 1 aromatic heterocycles. The van der Waals surface area contributed by atoms with Crippen LogP contribution in [0.4, 0.5) is 9.18 Å². The Labute approximate surface area is 139 Å². The molecule has 1 atom stereocenters. The molecular weight excluding hydrogens is 311 g/mol. The van der Waals surface area contributed by atoms with Crippen LogP contribution in [0.15, 0.2) is 36.5 Å². The van der Waals surface area contributed by atoms with Crippen molar-refractivity contribution >= 4 is 6.03 Å². The van der Waals surface area contributed by atoms with Gasteiger partial charge in [0, 0.05) is 12.7 Å². The number of nitrogens with zero attached hydrogens (tertiary/aromatic N) is 3. The Hall–Kier alpha value is -2.54. The third kappa shape index (κ3) is 4.05. The third-order valence-electron chi connectivity index (χ3n) is 3.83. The SMILES string of the molecule is Cc1nccc(CNC(=O)N2CCOC(c3cccc(F)c3)C2)n1. The normalized spacial score (nSPS) is 17.6. The Bertz CT molecular complexity index is 725. The fourth-order valence-corrected chi connectivity index (χ4v) is 2.62. The first kappa shape index (κ1) is 16.3. The van der Waals surface area contributed by atoms with E-state index in [1.54, 1.807) is 36.2 Å². The summed E-state index contributed by atoms with van der Waals surface area (Å²) in [7, 11) is 0. The highest BCUT2D eigenvalue weighted by Gasteiger charge is 2.25. The van der Waals surface area contributed by atoms with E-state index in [4.69, 9.17) is 4.74 Å². The van der Waals surface area contributed by atoms with E-state index >= 15 is 0 Å². The second kappa shape index (κ2) is 7.35. The minimum atomic E-state index is -0.318. The van der Waals surface area contributed by atoms with Gasteiger partial charge in [0.2, 0.25) is 0 Å². The molecule has 1 unspecified atom stereocenters. The maximum Gasteiger partial charge on any atom is 0.317 e. The quantitative estimate of drug-likeness (QED) is 0.937. The summed E-state index contributed by atoms with van der Waals surface area (Å²) in [5.74, 6) is 0.357. The van der Waals surface area contributed by atoms with E-state index in [-0.39, 0.29) is 18.0 Å². The Kier molecular flexibility index (Phi) is 5.00. The molecule has 1 fully saturated rings. The van der Waals surface area contributed by atoms with Gasteiger partial charge in [-0.2, -0.15) is 0 Å². The average molecular weight is 330 g/mol.